The molecule has 0 saturated carbocycles. The molecule has 0 atom stereocenters. The summed E-state index contributed by atoms with van der Waals surface area (Å²) in [7, 11) is 4.10. The van der Waals surface area contributed by atoms with Gasteiger partial charge in [-0.05, 0) is 0 Å². The van der Waals surface area contributed by atoms with Gasteiger partial charge < -0.3 is 0 Å². The molecule has 1 aliphatic rings. The zero-order valence-electron chi connectivity index (χ0n) is 20.2. The summed E-state index contributed by atoms with van der Waals surface area (Å²) < 4.78 is 15.5. The molecule has 0 spiro atoms. The fourth-order valence-corrected chi connectivity index (χ4v) is 15.8. The molecule has 6 heteroatoms. The molecule has 0 aliphatic carbocycles. The molecular weight excluding hydrogens is 566 g/mol. The van der Waals surface area contributed by atoms with E-state index in [4.69, 9.17) is 9.47 Å². The molecular formula is C26H36O2S2Se2. The normalized spacial score (nSPS) is 13.5. The summed E-state index contributed by atoms with van der Waals surface area (Å²) in [6.07, 6.45) is 4.54. The van der Waals surface area contributed by atoms with Crippen LogP contribution in [0.15, 0.2) is 34.1 Å². The predicted molar refractivity (Wildman–Crippen MR) is 144 cm³/mol. The maximum atomic E-state index is 6.30. The second-order valence-electron chi connectivity index (χ2n) is 8.67. The molecule has 0 amide bonds. The Morgan fingerprint density at radius 3 is 1.44 bits per heavy atom. The molecule has 0 fully saturated rings. The second-order valence-corrected chi connectivity index (χ2v) is 16.1. The summed E-state index contributed by atoms with van der Waals surface area (Å²) in [5, 5.41) is 0. The van der Waals surface area contributed by atoms with E-state index < -0.39 is 0 Å². The van der Waals surface area contributed by atoms with Crippen molar-refractivity contribution >= 4 is 57.0 Å². The van der Waals surface area contributed by atoms with Gasteiger partial charge in [-0.15, -0.1) is 0 Å². The maximum absolute atomic E-state index is 6.30. The Kier molecular flexibility index (Phi) is 10.7. The molecule has 32 heavy (non-hydrogen) atoms. The van der Waals surface area contributed by atoms with Gasteiger partial charge in [-0.3, -0.25) is 0 Å². The van der Waals surface area contributed by atoms with E-state index in [1.54, 1.807) is 0 Å². The number of rotatable bonds is 10. The number of ether oxygens (including phenoxy) is 2. The number of fused-ring (bicyclic) bond motifs is 2. The Morgan fingerprint density at radius 1 is 0.688 bits per heavy atom. The average Bonchev–Trinajstić information content (AvgIpc) is 2.75. The molecule has 0 N–H and O–H groups in total. The third-order valence-electron chi connectivity index (χ3n) is 5.38. The third-order valence-corrected chi connectivity index (χ3v) is 14.6. The average molecular weight is 603 g/mol. The van der Waals surface area contributed by atoms with Crippen molar-refractivity contribution in [3.8, 4) is 11.5 Å². The van der Waals surface area contributed by atoms with Crippen LogP contribution in [0.1, 0.15) is 90.2 Å². The van der Waals surface area contributed by atoms with Crippen LogP contribution in [0.2, 0.25) is 0 Å². The molecule has 0 saturated heterocycles. The number of hydrogen-bond acceptors (Lipinski definition) is 4. The van der Waals surface area contributed by atoms with Crippen molar-refractivity contribution in [2.75, 3.05) is 13.2 Å². The van der Waals surface area contributed by atoms with E-state index in [-0.39, 0.29) is 27.7 Å². The van der Waals surface area contributed by atoms with E-state index in [1.807, 2.05) is 0 Å². The van der Waals surface area contributed by atoms with Crippen LogP contribution < -0.4 is 18.4 Å². The molecule has 2 aromatic carbocycles. The quantitative estimate of drug-likeness (QED) is 0.223. The van der Waals surface area contributed by atoms with Crippen molar-refractivity contribution in [1.82, 2.24) is 0 Å². The van der Waals surface area contributed by atoms with Crippen molar-refractivity contribution in [3.63, 3.8) is 0 Å². The first-order valence-electron chi connectivity index (χ1n) is 11.8. The first kappa shape index (κ1) is 26.4. The third kappa shape index (κ3) is 6.46. The van der Waals surface area contributed by atoms with Gasteiger partial charge in [0.15, 0.2) is 0 Å². The SMILES string of the molecule is CCCCOc1ccc(C(C)C)c2c1[Se]Sc1c(C(C)C)ccc(OCCCC)c1[Se]S2. The summed E-state index contributed by atoms with van der Waals surface area (Å²) in [5.41, 5.74) is 2.93. The van der Waals surface area contributed by atoms with E-state index in [0.717, 1.165) is 50.4 Å². The summed E-state index contributed by atoms with van der Waals surface area (Å²) in [5.74, 6) is 3.24. The molecule has 0 unspecified atom stereocenters. The van der Waals surface area contributed by atoms with Crippen molar-refractivity contribution in [3.05, 3.63) is 35.4 Å². The van der Waals surface area contributed by atoms with Crippen LogP contribution in [0.3, 0.4) is 0 Å². The van der Waals surface area contributed by atoms with Crippen molar-refractivity contribution < 1.29 is 9.47 Å². The molecule has 2 nitrogen and oxygen atoms in total. The van der Waals surface area contributed by atoms with Crippen LogP contribution in [-0.4, -0.2) is 40.9 Å². The van der Waals surface area contributed by atoms with Gasteiger partial charge >= 0.3 is 215 Å². The van der Waals surface area contributed by atoms with Gasteiger partial charge in [-0.1, -0.05) is 0 Å². The zero-order valence-corrected chi connectivity index (χ0v) is 25.2. The predicted octanol–water partition coefficient (Wildman–Crippen LogP) is 6.68. The first-order valence-corrected chi connectivity index (χ1v) is 19.2. The molecule has 0 bridgehead atoms. The summed E-state index contributed by atoms with van der Waals surface area (Å²) >= 11 is 0.511. The Morgan fingerprint density at radius 2 is 1.09 bits per heavy atom. The fraction of sp³-hybridized carbons (Fsp3) is 0.538. The number of benzene rings is 2. The molecule has 0 radical (unpaired) electrons. The number of hydrogen-bond donors (Lipinski definition) is 0. The molecule has 1 aliphatic heterocycles. The van der Waals surface area contributed by atoms with E-state index in [2.05, 4.69) is 86.2 Å². The van der Waals surface area contributed by atoms with E-state index >= 15 is 0 Å². The summed E-state index contributed by atoms with van der Waals surface area (Å²) in [4.78, 5) is 2.95. The van der Waals surface area contributed by atoms with Crippen LogP contribution in [0, 0.1) is 0 Å². The fourth-order valence-electron chi connectivity index (χ4n) is 3.41. The van der Waals surface area contributed by atoms with Crippen LogP contribution in [0.25, 0.3) is 0 Å². The van der Waals surface area contributed by atoms with Crippen LogP contribution in [0.5, 0.6) is 11.5 Å². The second kappa shape index (κ2) is 13.0. The van der Waals surface area contributed by atoms with Gasteiger partial charge in [0.05, 0.1) is 0 Å². The van der Waals surface area contributed by atoms with Gasteiger partial charge in [0.25, 0.3) is 0 Å². The number of unbranched alkanes of at least 4 members (excludes halogenated alkanes) is 2. The molecule has 176 valence electrons. The Labute approximate surface area is 214 Å². The zero-order chi connectivity index (χ0) is 23.1. The molecule has 3 rings (SSSR count). The Hall–Kier alpha value is -0.221. The Balaban J connectivity index is 2.01. The van der Waals surface area contributed by atoms with Gasteiger partial charge in [0.2, 0.25) is 0 Å². The van der Waals surface area contributed by atoms with Crippen LogP contribution in [0.4, 0.5) is 0 Å². The molecule has 0 aromatic heterocycles. The minimum absolute atomic E-state index is 0.256. The van der Waals surface area contributed by atoms with Crippen LogP contribution >= 0.6 is 20.4 Å². The summed E-state index contributed by atoms with van der Waals surface area (Å²) in [6.45, 7) is 15.3. The van der Waals surface area contributed by atoms with Crippen molar-refractivity contribution in [1.29, 1.82) is 0 Å². The van der Waals surface area contributed by atoms with E-state index in [1.165, 1.54) is 29.8 Å². The van der Waals surface area contributed by atoms with Crippen molar-refractivity contribution in [2.45, 2.75) is 88.9 Å². The van der Waals surface area contributed by atoms with Gasteiger partial charge in [0.1, 0.15) is 0 Å². The standard InChI is InChI=1S/C26H36O2S2Se2/c1-7-9-15-27-21-13-11-19(17(3)4)23-25(21)31-30-24-20(18(5)6)12-14-22(26(24)32-29-23)28-16-10-8-2/h11-14,17-18H,7-10,15-16H2,1-6H3. The minimum atomic E-state index is 0.256. The van der Waals surface area contributed by atoms with Gasteiger partial charge in [-0.25, -0.2) is 0 Å². The van der Waals surface area contributed by atoms with E-state index in [9.17, 15) is 0 Å². The topological polar surface area (TPSA) is 18.5 Å². The van der Waals surface area contributed by atoms with Crippen molar-refractivity contribution in [2.24, 2.45) is 0 Å². The van der Waals surface area contributed by atoms with Crippen LogP contribution in [-0.2, 0) is 0 Å². The van der Waals surface area contributed by atoms with E-state index in [0.29, 0.717) is 11.8 Å². The monoisotopic (exact) mass is 604 g/mol. The molecule has 1 heterocycles. The molecule has 2 aromatic rings. The summed E-state index contributed by atoms with van der Waals surface area (Å²) in [6, 6.07) is 9.08. The Bertz CT molecular complexity index is 826. The van der Waals surface area contributed by atoms with Gasteiger partial charge in [0, 0.05) is 0 Å². The van der Waals surface area contributed by atoms with Gasteiger partial charge in [-0.2, -0.15) is 0 Å². The first-order chi connectivity index (χ1) is 15.5.